The summed E-state index contributed by atoms with van der Waals surface area (Å²) in [6.07, 6.45) is 0.149. The van der Waals surface area contributed by atoms with Gasteiger partial charge in [-0.05, 0) is 54.5 Å². The molecule has 4 nitrogen and oxygen atoms in total. The Labute approximate surface area is 163 Å². The van der Waals surface area contributed by atoms with Gasteiger partial charge in [-0.25, -0.2) is 4.79 Å². The van der Waals surface area contributed by atoms with Gasteiger partial charge in [0.1, 0.15) is 5.75 Å². The molecule has 0 bridgehead atoms. The SMILES string of the molecule is CC(C)Oc1ccc(CNC(=O)Nc2c(C(C)C)cccc2C(C)C)cc1. The van der Waals surface area contributed by atoms with Gasteiger partial charge in [-0.15, -0.1) is 0 Å². The molecule has 0 saturated carbocycles. The number of urea groups is 1. The predicted molar refractivity (Wildman–Crippen MR) is 113 cm³/mol. The first kappa shape index (κ1) is 20.8. The number of para-hydroxylation sites is 1. The predicted octanol–water partition coefficient (Wildman–Crippen LogP) is 6.04. The Balaban J connectivity index is 2.04. The lowest BCUT2D eigenvalue weighted by atomic mass is 9.93. The summed E-state index contributed by atoms with van der Waals surface area (Å²) in [5.74, 6) is 1.52. The van der Waals surface area contributed by atoms with E-state index in [2.05, 4.69) is 56.5 Å². The van der Waals surface area contributed by atoms with Gasteiger partial charge in [0.05, 0.1) is 6.10 Å². The standard InChI is InChI=1S/C23H32N2O2/c1-15(2)20-8-7-9-21(16(3)4)22(20)25-23(26)24-14-18-10-12-19(13-11-18)27-17(5)6/h7-13,15-17H,14H2,1-6H3,(H2,24,25,26). The van der Waals surface area contributed by atoms with E-state index in [9.17, 15) is 4.79 Å². The fraction of sp³-hybridized carbons (Fsp3) is 0.435. The van der Waals surface area contributed by atoms with Crippen LogP contribution in [0.15, 0.2) is 42.5 Å². The molecule has 2 aromatic carbocycles. The van der Waals surface area contributed by atoms with Crippen LogP contribution in [0.4, 0.5) is 10.5 Å². The number of ether oxygens (including phenoxy) is 1. The Morgan fingerprint density at radius 2 is 1.44 bits per heavy atom. The molecular weight excluding hydrogens is 336 g/mol. The van der Waals surface area contributed by atoms with Gasteiger partial charge in [0.15, 0.2) is 0 Å². The van der Waals surface area contributed by atoms with Crippen LogP contribution in [-0.2, 0) is 6.54 Å². The van der Waals surface area contributed by atoms with E-state index in [0.717, 1.165) is 28.1 Å². The van der Waals surface area contributed by atoms with Crippen LogP contribution in [0.2, 0.25) is 0 Å². The van der Waals surface area contributed by atoms with Crippen LogP contribution >= 0.6 is 0 Å². The first-order chi connectivity index (χ1) is 12.8. The van der Waals surface area contributed by atoms with Crippen LogP contribution in [0.25, 0.3) is 0 Å². The number of hydrogen-bond donors (Lipinski definition) is 2. The Morgan fingerprint density at radius 3 is 1.93 bits per heavy atom. The molecule has 2 rings (SSSR count). The van der Waals surface area contributed by atoms with Crippen molar-refractivity contribution in [3.63, 3.8) is 0 Å². The highest BCUT2D eigenvalue weighted by Crippen LogP contribution is 2.32. The largest absolute Gasteiger partial charge is 0.491 e. The lowest BCUT2D eigenvalue weighted by Gasteiger charge is -2.20. The summed E-state index contributed by atoms with van der Waals surface area (Å²) in [5.41, 5.74) is 4.28. The van der Waals surface area contributed by atoms with Gasteiger partial charge in [0.2, 0.25) is 0 Å². The smallest absolute Gasteiger partial charge is 0.319 e. The lowest BCUT2D eigenvalue weighted by Crippen LogP contribution is -2.29. The Morgan fingerprint density at radius 1 is 0.889 bits per heavy atom. The second-order valence-electron chi connectivity index (χ2n) is 7.74. The topological polar surface area (TPSA) is 50.4 Å². The third-order valence-electron chi connectivity index (χ3n) is 4.36. The number of amides is 2. The molecule has 0 unspecified atom stereocenters. The molecule has 27 heavy (non-hydrogen) atoms. The van der Waals surface area contributed by atoms with Crippen molar-refractivity contribution < 1.29 is 9.53 Å². The molecule has 0 aliphatic rings. The van der Waals surface area contributed by atoms with Crippen molar-refractivity contribution in [3.8, 4) is 5.75 Å². The molecule has 4 heteroatoms. The van der Waals surface area contributed by atoms with Crippen LogP contribution < -0.4 is 15.4 Å². The minimum absolute atomic E-state index is 0.149. The number of anilines is 1. The first-order valence-electron chi connectivity index (χ1n) is 9.71. The summed E-state index contributed by atoms with van der Waals surface area (Å²) >= 11 is 0. The zero-order chi connectivity index (χ0) is 20.0. The quantitative estimate of drug-likeness (QED) is 0.626. The third kappa shape index (κ3) is 6.02. The van der Waals surface area contributed by atoms with Crippen LogP contribution in [-0.4, -0.2) is 12.1 Å². The summed E-state index contributed by atoms with van der Waals surface area (Å²) in [6, 6.07) is 13.8. The highest BCUT2D eigenvalue weighted by Gasteiger charge is 2.15. The molecule has 0 aliphatic heterocycles. The number of carbonyl (C=O) groups excluding carboxylic acids is 1. The third-order valence-corrected chi connectivity index (χ3v) is 4.36. The van der Waals surface area contributed by atoms with E-state index in [0.29, 0.717) is 18.4 Å². The molecule has 0 saturated heterocycles. The maximum Gasteiger partial charge on any atom is 0.319 e. The summed E-state index contributed by atoms with van der Waals surface area (Å²) in [6.45, 7) is 13.0. The molecule has 146 valence electrons. The summed E-state index contributed by atoms with van der Waals surface area (Å²) in [7, 11) is 0. The Hall–Kier alpha value is -2.49. The molecule has 0 fully saturated rings. The number of benzene rings is 2. The Kier molecular flexibility index (Phi) is 7.28. The zero-order valence-electron chi connectivity index (χ0n) is 17.3. The fourth-order valence-electron chi connectivity index (χ4n) is 2.99. The molecule has 0 atom stereocenters. The number of rotatable bonds is 7. The molecule has 0 aromatic heterocycles. The van der Waals surface area contributed by atoms with E-state index in [4.69, 9.17) is 4.74 Å². The average molecular weight is 369 g/mol. The summed E-state index contributed by atoms with van der Waals surface area (Å²) < 4.78 is 5.65. The van der Waals surface area contributed by atoms with E-state index in [-0.39, 0.29) is 12.1 Å². The maximum absolute atomic E-state index is 12.5. The van der Waals surface area contributed by atoms with Crippen LogP contribution in [0.5, 0.6) is 5.75 Å². The van der Waals surface area contributed by atoms with Crippen molar-refractivity contribution in [2.24, 2.45) is 0 Å². The second kappa shape index (κ2) is 9.45. The van der Waals surface area contributed by atoms with Gasteiger partial charge in [-0.1, -0.05) is 58.0 Å². The van der Waals surface area contributed by atoms with E-state index >= 15 is 0 Å². The van der Waals surface area contributed by atoms with Crippen molar-refractivity contribution in [1.29, 1.82) is 0 Å². The van der Waals surface area contributed by atoms with Gasteiger partial charge in [-0.3, -0.25) is 0 Å². The van der Waals surface area contributed by atoms with Crippen LogP contribution in [0.1, 0.15) is 70.1 Å². The fourth-order valence-corrected chi connectivity index (χ4v) is 2.99. The minimum Gasteiger partial charge on any atom is -0.491 e. The van der Waals surface area contributed by atoms with Gasteiger partial charge in [-0.2, -0.15) is 0 Å². The number of carbonyl (C=O) groups is 1. The van der Waals surface area contributed by atoms with Crippen LogP contribution in [0, 0.1) is 0 Å². The number of hydrogen-bond acceptors (Lipinski definition) is 2. The van der Waals surface area contributed by atoms with Crippen molar-refractivity contribution >= 4 is 11.7 Å². The van der Waals surface area contributed by atoms with Crippen LogP contribution in [0.3, 0.4) is 0 Å². The van der Waals surface area contributed by atoms with Gasteiger partial charge in [0.25, 0.3) is 0 Å². The first-order valence-corrected chi connectivity index (χ1v) is 9.71. The van der Waals surface area contributed by atoms with Gasteiger partial charge in [0, 0.05) is 12.2 Å². The van der Waals surface area contributed by atoms with E-state index < -0.39 is 0 Å². The van der Waals surface area contributed by atoms with Gasteiger partial charge >= 0.3 is 6.03 Å². The summed E-state index contributed by atoms with van der Waals surface area (Å²) in [5, 5.41) is 6.02. The Bertz CT molecular complexity index is 723. The van der Waals surface area contributed by atoms with Gasteiger partial charge < -0.3 is 15.4 Å². The molecule has 0 heterocycles. The van der Waals surface area contributed by atoms with Crippen molar-refractivity contribution in [3.05, 3.63) is 59.2 Å². The minimum atomic E-state index is -0.187. The number of nitrogens with one attached hydrogen (secondary N) is 2. The van der Waals surface area contributed by atoms with Crippen molar-refractivity contribution in [2.75, 3.05) is 5.32 Å². The van der Waals surface area contributed by atoms with Crippen molar-refractivity contribution in [1.82, 2.24) is 5.32 Å². The molecule has 0 aliphatic carbocycles. The summed E-state index contributed by atoms with van der Waals surface area (Å²) in [4.78, 5) is 12.5. The second-order valence-corrected chi connectivity index (χ2v) is 7.74. The molecule has 0 radical (unpaired) electrons. The van der Waals surface area contributed by atoms with Crippen molar-refractivity contribution in [2.45, 2.75) is 66.0 Å². The van der Waals surface area contributed by atoms with E-state index in [1.54, 1.807) is 0 Å². The lowest BCUT2D eigenvalue weighted by molar-refractivity contribution is 0.242. The zero-order valence-corrected chi connectivity index (χ0v) is 17.3. The highest BCUT2D eigenvalue weighted by atomic mass is 16.5. The van der Waals surface area contributed by atoms with E-state index in [1.807, 2.05) is 38.1 Å². The highest BCUT2D eigenvalue weighted by molar-refractivity contribution is 5.91. The molecule has 2 N–H and O–H groups in total. The average Bonchev–Trinajstić information content (AvgIpc) is 2.60. The monoisotopic (exact) mass is 368 g/mol. The normalized spacial score (nSPS) is 11.1. The van der Waals surface area contributed by atoms with E-state index in [1.165, 1.54) is 0 Å². The molecule has 2 amide bonds. The molecular formula is C23H32N2O2. The molecule has 0 spiro atoms. The molecule has 2 aromatic rings. The maximum atomic E-state index is 12.5.